The Morgan fingerprint density at radius 1 is 0.897 bits per heavy atom. The first-order chi connectivity index (χ1) is 18.7. The van der Waals surface area contributed by atoms with Gasteiger partial charge < -0.3 is 29.0 Å². The summed E-state index contributed by atoms with van der Waals surface area (Å²) in [5, 5.41) is 11.1. The molecule has 0 fully saturated rings. The standard InChI is InChI=1S/C29H34N2O7S/c1-18(2)38-25-11-10-19(20-13-26(35-3)29(37-5)27(14-20)36-4)15-28(25)39(33,34)31-22(17-32)12-21-16-30-24-9-7-6-8-23(21)24/h6-11,13-16,18,22,30-32H,12,17H2,1-5H3/t22-/m1/s1. The summed E-state index contributed by atoms with van der Waals surface area (Å²) >= 11 is 0. The Labute approximate surface area is 228 Å². The van der Waals surface area contributed by atoms with Crippen molar-refractivity contribution in [1.82, 2.24) is 9.71 Å². The summed E-state index contributed by atoms with van der Waals surface area (Å²) in [7, 11) is 0.439. The molecule has 0 aliphatic rings. The number of H-pyrrole nitrogens is 1. The van der Waals surface area contributed by atoms with E-state index in [2.05, 4.69) is 9.71 Å². The maximum Gasteiger partial charge on any atom is 0.244 e. The van der Waals surface area contributed by atoms with E-state index >= 15 is 0 Å². The molecule has 1 aromatic heterocycles. The van der Waals surface area contributed by atoms with Crippen molar-refractivity contribution in [2.45, 2.75) is 37.3 Å². The number of hydrogen-bond donors (Lipinski definition) is 3. The van der Waals surface area contributed by atoms with Crippen LogP contribution in [0.4, 0.5) is 0 Å². The summed E-state index contributed by atoms with van der Waals surface area (Å²) in [6.07, 6.45) is 1.87. The number of nitrogens with one attached hydrogen (secondary N) is 2. The zero-order valence-electron chi connectivity index (χ0n) is 22.6. The SMILES string of the molecule is COc1cc(-c2ccc(OC(C)C)c(S(=O)(=O)N[C@@H](CO)Cc3c[nH]c4ccccc34)c2)cc(OC)c1OC. The number of hydrogen-bond acceptors (Lipinski definition) is 7. The molecule has 0 aliphatic heterocycles. The zero-order valence-corrected chi connectivity index (χ0v) is 23.5. The average molecular weight is 555 g/mol. The summed E-state index contributed by atoms with van der Waals surface area (Å²) in [5.41, 5.74) is 3.10. The number of fused-ring (bicyclic) bond motifs is 1. The molecular weight excluding hydrogens is 520 g/mol. The Balaban J connectivity index is 1.73. The molecule has 4 rings (SSSR count). The largest absolute Gasteiger partial charge is 0.493 e. The van der Waals surface area contributed by atoms with Crippen LogP contribution in [0.1, 0.15) is 19.4 Å². The molecule has 0 unspecified atom stereocenters. The van der Waals surface area contributed by atoms with E-state index in [1.807, 2.05) is 44.3 Å². The summed E-state index contributed by atoms with van der Waals surface area (Å²) in [5.74, 6) is 1.52. The third-order valence-corrected chi connectivity index (χ3v) is 7.82. The lowest BCUT2D eigenvalue weighted by molar-refractivity contribution is 0.235. The number of sulfonamides is 1. The molecule has 208 valence electrons. The Morgan fingerprint density at radius 3 is 2.21 bits per heavy atom. The maximum absolute atomic E-state index is 13.7. The molecule has 4 aromatic rings. The number of methoxy groups -OCH3 is 3. The topological polar surface area (TPSA) is 119 Å². The summed E-state index contributed by atoms with van der Waals surface area (Å²) in [6.45, 7) is 3.26. The van der Waals surface area contributed by atoms with E-state index in [4.69, 9.17) is 18.9 Å². The number of rotatable bonds is 12. The van der Waals surface area contributed by atoms with Crippen molar-refractivity contribution in [1.29, 1.82) is 0 Å². The van der Waals surface area contributed by atoms with Gasteiger partial charge in [0.1, 0.15) is 10.6 Å². The van der Waals surface area contributed by atoms with Crippen molar-refractivity contribution in [3.63, 3.8) is 0 Å². The van der Waals surface area contributed by atoms with E-state index < -0.39 is 16.1 Å². The van der Waals surface area contributed by atoms with Gasteiger partial charge in [0.25, 0.3) is 0 Å². The van der Waals surface area contributed by atoms with Crippen molar-refractivity contribution in [3.05, 3.63) is 66.4 Å². The lowest BCUT2D eigenvalue weighted by atomic mass is 10.0. The minimum atomic E-state index is -4.11. The maximum atomic E-state index is 13.7. The number of ether oxygens (including phenoxy) is 4. The molecule has 3 N–H and O–H groups in total. The molecule has 39 heavy (non-hydrogen) atoms. The van der Waals surface area contributed by atoms with Gasteiger partial charge in [0.15, 0.2) is 11.5 Å². The highest BCUT2D eigenvalue weighted by molar-refractivity contribution is 7.89. The van der Waals surface area contributed by atoms with Gasteiger partial charge in [0, 0.05) is 23.1 Å². The van der Waals surface area contributed by atoms with Crippen molar-refractivity contribution < 1.29 is 32.5 Å². The summed E-state index contributed by atoms with van der Waals surface area (Å²) in [4.78, 5) is 3.15. The molecule has 0 saturated carbocycles. The Kier molecular flexibility index (Phi) is 8.69. The fraction of sp³-hybridized carbons (Fsp3) is 0.310. The Morgan fingerprint density at radius 2 is 1.59 bits per heavy atom. The normalized spacial score (nSPS) is 12.5. The predicted octanol–water partition coefficient (Wildman–Crippen LogP) is 4.53. The Bertz CT molecular complexity index is 1520. The van der Waals surface area contributed by atoms with Crippen molar-refractivity contribution in [3.8, 4) is 34.1 Å². The van der Waals surface area contributed by atoms with Crippen LogP contribution in [-0.4, -0.2) is 58.6 Å². The fourth-order valence-corrected chi connectivity index (χ4v) is 5.88. The van der Waals surface area contributed by atoms with Gasteiger partial charge in [-0.15, -0.1) is 0 Å². The third kappa shape index (κ3) is 6.13. The van der Waals surface area contributed by atoms with E-state index in [0.717, 1.165) is 16.5 Å². The van der Waals surface area contributed by atoms with Crippen LogP contribution in [0.15, 0.2) is 65.7 Å². The molecule has 0 radical (unpaired) electrons. The van der Waals surface area contributed by atoms with Crippen LogP contribution in [0.3, 0.4) is 0 Å². The lowest BCUT2D eigenvalue weighted by Gasteiger charge is -2.20. The highest BCUT2D eigenvalue weighted by atomic mass is 32.2. The second-order valence-electron chi connectivity index (χ2n) is 9.31. The van der Waals surface area contributed by atoms with Crippen LogP contribution in [0.25, 0.3) is 22.0 Å². The van der Waals surface area contributed by atoms with Crippen molar-refractivity contribution in [2.75, 3.05) is 27.9 Å². The lowest BCUT2D eigenvalue weighted by Crippen LogP contribution is -2.39. The number of para-hydroxylation sites is 1. The first-order valence-electron chi connectivity index (χ1n) is 12.5. The number of aliphatic hydroxyl groups excluding tert-OH is 1. The third-order valence-electron chi connectivity index (χ3n) is 6.28. The molecule has 0 bridgehead atoms. The van der Waals surface area contributed by atoms with Gasteiger partial charge in [0.2, 0.25) is 15.8 Å². The number of aromatic nitrogens is 1. The van der Waals surface area contributed by atoms with Crippen LogP contribution in [-0.2, 0) is 16.4 Å². The van der Waals surface area contributed by atoms with Crippen LogP contribution in [0.2, 0.25) is 0 Å². The first kappa shape index (κ1) is 28.3. The van der Waals surface area contributed by atoms with E-state index in [1.165, 1.54) is 21.3 Å². The van der Waals surface area contributed by atoms with Crippen LogP contribution < -0.4 is 23.7 Å². The molecule has 0 saturated heterocycles. The van der Waals surface area contributed by atoms with Crippen molar-refractivity contribution >= 4 is 20.9 Å². The smallest absolute Gasteiger partial charge is 0.244 e. The van der Waals surface area contributed by atoms with Gasteiger partial charge in [-0.25, -0.2) is 13.1 Å². The Hall–Kier alpha value is -3.73. The van der Waals surface area contributed by atoms with Gasteiger partial charge in [-0.05, 0) is 67.3 Å². The number of benzene rings is 3. The van der Waals surface area contributed by atoms with Crippen molar-refractivity contribution in [2.24, 2.45) is 0 Å². The molecule has 1 atom stereocenters. The second kappa shape index (κ2) is 12.0. The average Bonchev–Trinajstić information content (AvgIpc) is 3.34. The number of aliphatic hydroxyl groups is 1. The van der Waals surface area contributed by atoms with E-state index in [-0.39, 0.29) is 23.4 Å². The zero-order chi connectivity index (χ0) is 28.2. The summed E-state index contributed by atoms with van der Waals surface area (Å²) in [6, 6.07) is 15.4. The number of aromatic amines is 1. The highest BCUT2D eigenvalue weighted by Gasteiger charge is 2.26. The molecule has 0 amide bonds. The van der Waals surface area contributed by atoms with Crippen LogP contribution >= 0.6 is 0 Å². The molecule has 10 heteroatoms. The molecule has 3 aromatic carbocycles. The van der Waals surface area contributed by atoms with Gasteiger partial charge in [-0.2, -0.15) is 0 Å². The minimum Gasteiger partial charge on any atom is -0.493 e. The molecule has 0 spiro atoms. The van der Waals surface area contributed by atoms with Gasteiger partial charge in [-0.1, -0.05) is 24.3 Å². The minimum absolute atomic E-state index is 0.0418. The molecule has 9 nitrogen and oxygen atoms in total. The van der Waals surface area contributed by atoms with Gasteiger partial charge >= 0.3 is 0 Å². The first-order valence-corrected chi connectivity index (χ1v) is 14.0. The summed E-state index contributed by atoms with van der Waals surface area (Å²) < 4.78 is 52.4. The quantitative estimate of drug-likeness (QED) is 0.235. The van der Waals surface area contributed by atoms with Gasteiger partial charge in [-0.3, -0.25) is 0 Å². The van der Waals surface area contributed by atoms with Crippen LogP contribution in [0.5, 0.6) is 23.0 Å². The molecular formula is C29H34N2O7S. The monoisotopic (exact) mass is 554 g/mol. The van der Waals surface area contributed by atoms with Gasteiger partial charge in [0.05, 0.1) is 34.0 Å². The second-order valence-corrected chi connectivity index (χ2v) is 11.0. The molecule has 1 heterocycles. The highest BCUT2D eigenvalue weighted by Crippen LogP contribution is 2.42. The van der Waals surface area contributed by atoms with E-state index in [0.29, 0.717) is 34.8 Å². The fourth-order valence-electron chi connectivity index (χ4n) is 4.49. The molecule has 0 aliphatic carbocycles. The van der Waals surface area contributed by atoms with E-state index in [9.17, 15) is 13.5 Å². The van der Waals surface area contributed by atoms with Crippen LogP contribution in [0, 0.1) is 0 Å². The van der Waals surface area contributed by atoms with E-state index in [1.54, 1.807) is 30.3 Å². The predicted molar refractivity (Wildman–Crippen MR) is 150 cm³/mol.